The Kier molecular flexibility index (Phi) is 5.21. The van der Waals surface area contributed by atoms with E-state index in [2.05, 4.69) is 38.0 Å². The van der Waals surface area contributed by atoms with Crippen molar-refractivity contribution in [1.29, 1.82) is 0 Å². The van der Waals surface area contributed by atoms with E-state index in [9.17, 15) is 4.79 Å². The molecule has 0 unspecified atom stereocenters. The lowest BCUT2D eigenvalue weighted by atomic mass is 10.2. The normalized spacial score (nSPS) is 18.6. The molecule has 2 aliphatic rings. The maximum absolute atomic E-state index is 12.7. The zero-order valence-electron chi connectivity index (χ0n) is 16.9. The topological polar surface area (TPSA) is 69.0 Å². The van der Waals surface area contributed by atoms with Crippen molar-refractivity contribution in [1.82, 2.24) is 20.0 Å². The molecular formula is C20H28N6O2. The van der Waals surface area contributed by atoms with Gasteiger partial charge in [-0.1, -0.05) is 0 Å². The second-order valence-electron chi connectivity index (χ2n) is 7.65. The first-order valence-electron chi connectivity index (χ1n) is 9.90. The fraction of sp³-hybridized carbons (Fsp3) is 0.550. The summed E-state index contributed by atoms with van der Waals surface area (Å²) >= 11 is 0. The van der Waals surface area contributed by atoms with E-state index < -0.39 is 0 Å². The number of aryl methyl sites for hydroxylation is 2. The number of carbonyl (C=O) groups is 1. The van der Waals surface area contributed by atoms with Gasteiger partial charge in [-0.25, -0.2) is 0 Å². The third kappa shape index (κ3) is 3.82. The first-order chi connectivity index (χ1) is 13.5. The van der Waals surface area contributed by atoms with Crippen molar-refractivity contribution in [2.24, 2.45) is 0 Å². The molecule has 4 heterocycles. The Labute approximate surface area is 165 Å². The maximum atomic E-state index is 12.7. The van der Waals surface area contributed by atoms with E-state index >= 15 is 0 Å². The smallest absolute Gasteiger partial charge is 0.257 e. The molecule has 0 aromatic carbocycles. The summed E-state index contributed by atoms with van der Waals surface area (Å²) in [5.41, 5.74) is 0.669. The van der Waals surface area contributed by atoms with Crippen molar-refractivity contribution >= 4 is 17.5 Å². The molecule has 0 N–H and O–H groups in total. The van der Waals surface area contributed by atoms with Crippen LogP contribution in [0.5, 0.6) is 0 Å². The van der Waals surface area contributed by atoms with Crippen LogP contribution >= 0.6 is 0 Å². The first kappa shape index (κ1) is 18.7. The van der Waals surface area contributed by atoms with Crippen LogP contribution in [0, 0.1) is 13.8 Å². The van der Waals surface area contributed by atoms with Gasteiger partial charge in [0.1, 0.15) is 11.5 Å². The highest BCUT2D eigenvalue weighted by Gasteiger charge is 2.25. The molecule has 2 saturated heterocycles. The first-order valence-corrected chi connectivity index (χ1v) is 9.90. The van der Waals surface area contributed by atoms with Gasteiger partial charge < -0.3 is 24.0 Å². The average Bonchev–Trinajstić information content (AvgIpc) is 3.06. The van der Waals surface area contributed by atoms with Gasteiger partial charge >= 0.3 is 0 Å². The van der Waals surface area contributed by atoms with Crippen molar-refractivity contribution in [3.05, 3.63) is 35.3 Å². The Morgan fingerprint density at radius 1 is 0.893 bits per heavy atom. The van der Waals surface area contributed by atoms with Gasteiger partial charge in [0.15, 0.2) is 11.6 Å². The molecule has 1 amide bonds. The summed E-state index contributed by atoms with van der Waals surface area (Å²) in [4.78, 5) is 21.4. The third-order valence-electron chi connectivity index (χ3n) is 5.63. The molecule has 4 rings (SSSR count). The van der Waals surface area contributed by atoms with Crippen LogP contribution in [0.4, 0.5) is 11.6 Å². The standard InChI is InChI=1S/C20H28N6O2/c1-15-14-17(16(2)28-15)20(27)26-12-10-25(11-13-26)19-5-4-18(21-22-19)24-8-6-23(3)7-9-24/h4-5,14H,6-13H2,1-3H3. The van der Waals surface area contributed by atoms with E-state index in [-0.39, 0.29) is 5.91 Å². The molecule has 0 radical (unpaired) electrons. The molecule has 0 bridgehead atoms. The van der Waals surface area contributed by atoms with E-state index in [4.69, 9.17) is 4.42 Å². The second kappa shape index (κ2) is 7.79. The highest BCUT2D eigenvalue weighted by atomic mass is 16.3. The lowest BCUT2D eigenvalue weighted by molar-refractivity contribution is 0.0744. The third-order valence-corrected chi connectivity index (χ3v) is 5.63. The van der Waals surface area contributed by atoms with Crippen molar-refractivity contribution in [3.63, 3.8) is 0 Å². The van der Waals surface area contributed by atoms with Crippen LogP contribution < -0.4 is 9.80 Å². The number of carbonyl (C=O) groups excluding carboxylic acids is 1. The number of likely N-dealkylation sites (N-methyl/N-ethyl adjacent to an activating group) is 1. The fourth-order valence-electron chi connectivity index (χ4n) is 3.84. The van der Waals surface area contributed by atoms with Gasteiger partial charge in [0.25, 0.3) is 5.91 Å². The number of rotatable bonds is 3. The van der Waals surface area contributed by atoms with Gasteiger partial charge in [0, 0.05) is 52.4 Å². The molecule has 2 aliphatic heterocycles. The molecule has 28 heavy (non-hydrogen) atoms. The maximum Gasteiger partial charge on any atom is 0.257 e. The zero-order valence-corrected chi connectivity index (χ0v) is 16.9. The van der Waals surface area contributed by atoms with Crippen LogP contribution in [0.25, 0.3) is 0 Å². The Morgan fingerprint density at radius 3 is 1.89 bits per heavy atom. The molecule has 8 heteroatoms. The summed E-state index contributed by atoms with van der Waals surface area (Å²) in [7, 11) is 2.14. The Hall–Kier alpha value is -2.61. The summed E-state index contributed by atoms with van der Waals surface area (Å²) < 4.78 is 5.50. The number of hydrogen-bond donors (Lipinski definition) is 0. The number of anilines is 2. The van der Waals surface area contributed by atoms with Gasteiger partial charge in [-0.05, 0) is 39.1 Å². The minimum Gasteiger partial charge on any atom is -0.466 e. The Bertz CT molecular complexity index is 818. The Balaban J connectivity index is 1.35. The van der Waals surface area contributed by atoms with E-state index in [1.807, 2.05) is 30.9 Å². The minimum atomic E-state index is 0.0468. The summed E-state index contributed by atoms with van der Waals surface area (Å²) in [6.45, 7) is 10.6. The van der Waals surface area contributed by atoms with E-state index in [1.165, 1.54) is 0 Å². The lowest BCUT2D eigenvalue weighted by Gasteiger charge is -2.35. The summed E-state index contributed by atoms with van der Waals surface area (Å²) in [5.74, 6) is 3.33. The lowest BCUT2D eigenvalue weighted by Crippen LogP contribution is -2.49. The Morgan fingerprint density at radius 2 is 1.43 bits per heavy atom. The predicted octanol–water partition coefficient (Wildman–Crippen LogP) is 1.40. The van der Waals surface area contributed by atoms with Crippen LogP contribution in [-0.4, -0.2) is 85.3 Å². The molecule has 0 atom stereocenters. The monoisotopic (exact) mass is 384 g/mol. The van der Waals surface area contributed by atoms with E-state index in [0.717, 1.165) is 56.7 Å². The highest BCUT2D eigenvalue weighted by Crippen LogP contribution is 2.20. The molecule has 0 saturated carbocycles. The predicted molar refractivity (Wildman–Crippen MR) is 108 cm³/mol. The molecule has 2 aromatic heterocycles. The average molecular weight is 384 g/mol. The van der Waals surface area contributed by atoms with Crippen molar-refractivity contribution in [3.8, 4) is 0 Å². The molecule has 8 nitrogen and oxygen atoms in total. The van der Waals surface area contributed by atoms with Gasteiger partial charge in [0.2, 0.25) is 0 Å². The minimum absolute atomic E-state index is 0.0468. The van der Waals surface area contributed by atoms with Gasteiger partial charge in [-0.15, -0.1) is 10.2 Å². The van der Waals surface area contributed by atoms with Crippen molar-refractivity contribution < 1.29 is 9.21 Å². The number of piperazine rings is 2. The number of amides is 1. The largest absolute Gasteiger partial charge is 0.466 e. The van der Waals surface area contributed by atoms with Crippen LogP contribution in [0.2, 0.25) is 0 Å². The van der Waals surface area contributed by atoms with Crippen LogP contribution in [-0.2, 0) is 0 Å². The highest BCUT2D eigenvalue weighted by molar-refractivity contribution is 5.95. The summed E-state index contributed by atoms with van der Waals surface area (Å²) in [6.07, 6.45) is 0. The molecule has 0 spiro atoms. The van der Waals surface area contributed by atoms with Crippen molar-refractivity contribution in [2.75, 3.05) is 69.2 Å². The molecule has 2 fully saturated rings. The quantitative estimate of drug-likeness (QED) is 0.792. The van der Waals surface area contributed by atoms with E-state index in [0.29, 0.717) is 24.4 Å². The number of hydrogen-bond acceptors (Lipinski definition) is 7. The SMILES string of the molecule is Cc1cc(C(=O)N2CCN(c3ccc(N4CCN(C)CC4)nn3)CC2)c(C)o1. The summed E-state index contributed by atoms with van der Waals surface area (Å²) in [5, 5.41) is 8.89. The van der Waals surface area contributed by atoms with Gasteiger partial charge in [0.05, 0.1) is 5.56 Å². The van der Waals surface area contributed by atoms with Crippen molar-refractivity contribution in [2.45, 2.75) is 13.8 Å². The van der Waals surface area contributed by atoms with E-state index in [1.54, 1.807) is 0 Å². The molecule has 150 valence electrons. The summed E-state index contributed by atoms with van der Waals surface area (Å²) in [6, 6.07) is 5.93. The van der Waals surface area contributed by atoms with Gasteiger partial charge in [-0.3, -0.25) is 4.79 Å². The molecule has 2 aromatic rings. The van der Waals surface area contributed by atoms with Crippen LogP contribution in [0.3, 0.4) is 0 Å². The zero-order chi connectivity index (χ0) is 19.7. The van der Waals surface area contributed by atoms with Crippen LogP contribution in [0.15, 0.2) is 22.6 Å². The second-order valence-corrected chi connectivity index (χ2v) is 7.65. The fourth-order valence-corrected chi connectivity index (χ4v) is 3.84. The number of aromatic nitrogens is 2. The number of nitrogens with zero attached hydrogens (tertiary/aromatic N) is 6. The number of furan rings is 1. The van der Waals surface area contributed by atoms with Gasteiger partial charge in [-0.2, -0.15) is 0 Å². The molecular weight excluding hydrogens is 356 g/mol. The van der Waals surface area contributed by atoms with Crippen LogP contribution in [0.1, 0.15) is 21.9 Å². The molecule has 0 aliphatic carbocycles.